The Morgan fingerprint density at radius 3 is 1.11 bits per heavy atom. The number of rotatable bonds is 34. The molecule has 0 bridgehead atoms. The number of unbranched alkanes of at least 4 members (excludes halogenated alkanes) is 14. The van der Waals surface area contributed by atoms with Gasteiger partial charge < -0.3 is 14.2 Å². The van der Waals surface area contributed by atoms with E-state index in [-0.39, 0.29) is 48.4 Å². The highest BCUT2D eigenvalue weighted by Crippen LogP contribution is 2.19. The Kier molecular flexibility index (Phi) is 25.5. The molecule has 0 saturated carbocycles. The van der Waals surface area contributed by atoms with E-state index in [1.165, 1.54) is 64.2 Å². The first-order chi connectivity index (χ1) is 25.6. The first-order valence-corrected chi connectivity index (χ1v) is 23.1. The van der Waals surface area contributed by atoms with Crippen molar-refractivity contribution < 1.29 is 39.4 Å². The van der Waals surface area contributed by atoms with Gasteiger partial charge in [0.05, 0.1) is 61.6 Å². The Morgan fingerprint density at radius 1 is 0.453 bits per heavy atom. The predicted molar refractivity (Wildman–Crippen MR) is 213 cm³/mol. The van der Waals surface area contributed by atoms with Crippen LogP contribution in [0.15, 0.2) is 58.3 Å². The third-order valence-electron chi connectivity index (χ3n) is 9.36. The molecule has 2 atom stereocenters. The van der Waals surface area contributed by atoms with Gasteiger partial charge in [0.15, 0.2) is 0 Å². The molecule has 2 rings (SSSR count). The first kappa shape index (κ1) is 47.3. The lowest BCUT2D eigenvalue weighted by Crippen LogP contribution is -2.26. The molecule has 0 aliphatic rings. The first-order valence-electron chi connectivity index (χ1n) is 20.3. The van der Waals surface area contributed by atoms with Crippen molar-refractivity contribution in [2.75, 3.05) is 39.6 Å². The van der Waals surface area contributed by atoms with Crippen molar-refractivity contribution in [2.45, 2.75) is 165 Å². The molecule has 0 unspecified atom stereocenters. The van der Waals surface area contributed by atoms with E-state index in [1.54, 1.807) is 48.5 Å². The molecule has 0 aromatic heterocycles. The van der Waals surface area contributed by atoms with Gasteiger partial charge in [-0.15, -0.1) is 0 Å². The van der Waals surface area contributed by atoms with Gasteiger partial charge in [0.1, 0.15) is 0 Å². The van der Waals surface area contributed by atoms with E-state index in [1.807, 2.05) is 13.8 Å². The van der Waals surface area contributed by atoms with Crippen LogP contribution in [0.3, 0.4) is 0 Å². The van der Waals surface area contributed by atoms with Gasteiger partial charge in [0.25, 0.3) is 20.2 Å². The van der Waals surface area contributed by atoms with Crippen molar-refractivity contribution in [2.24, 2.45) is 0 Å². The van der Waals surface area contributed by atoms with E-state index >= 15 is 0 Å². The van der Waals surface area contributed by atoms with Crippen molar-refractivity contribution in [1.29, 1.82) is 0 Å². The van der Waals surface area contributed by atoms with E-state index in [2.05, 4.69) is 13.8 Å². The summed E-state index contributed by atoms with van der Waals surface area (Å²) in [5.41, 5.74) is 1.95. The average Bonchev–Trinajstić information content (AvgIpc) is 3.14. The van der Waals surface area contributed by atoms with Crippen LogP contribution in [-0.2, 0) is 42.8 Å². The lowest BCUT2D eigenvalue weighted by atomic mass is 10.1. The minimum Gasteiger partial charge on any atom is -0.377 e. The Bertz CT molecular complexity index is 1290. The average molecular weight is 783 g/mol. The molecule has 9 nitrogen and oxygen atoms in total. The summed E-state index contributed by atoms with van der Waals surface area (Å²) < 4.78 is 80.1. The maximum absolute atomic E-state index is 12.8. The standard InChI is InChI=1S/C42H70O9S2/c1-5-7-9-11-13-15-17-19-21-39(35-50-52(43,44)41-27-23-37(3)24-28-41)48-33-31-47-32-34-49-40(22-20-18-16-14-12-10-8-6-2)36-51-53(45,46)42-29-25-38(4)26-30-42/h23-30,39-40H,5-22,31-36H2,1-4H3/t39-,40-/m0/s1. The molecule has 11 heteroatoms. The van der Waals surface area contributed by atoms with Crippen LogP contribution in [0.4, 0.5) is 0 Å². The third-order valence-corrected chi connectivity index (χ3v) is 12.0. The monoisotopic (exact) mass is 782 g/mol. The highest BCUT2D eigenvalue weighted by atomic mass is 32.2. The van der Waals surface area contributed by atoms with E-state index < -0.39 is 20.2 Å². The minimum absolute atomic E-state index is 0.0538. The van der Waals surface area contributed by atoms with Crippen LogP contribution in [0, 0.1) is 13.8 Å². The molecule has 2 aromatic rings. The molecular formula is C42H70O9S2. The summed E-state index contributed by atoms with van der Waals surface area (Å²) >= 11 is 0. The number of ether oxygens (including phenoxy) is 3. The second-order valence-corrected chi connectivity index (χ2v) is 17.5. The predicted octanol–water partition coefficient (Wildman–Crippen LogP) is 10.3. The smallest absolute Gasteiger partial charge is 0.297 e. The van der Waals surface area contributed by atoms with Crippen LogP contribution in [0.5, 0.6) is 0 Å². The second-order valence-electron chi connectivity index (χ2n) is 14.2. The van der Waals surface area contributed by atoms with E-state index in [9.17, 15) is 16.8 Å². The third kappa shape index (κ3) is 22.3. The largest absolute Gasteiger partial charge is 0.377 e. The quantitative estimate of drug-likeness (QED) is 0.0505. The molecule has 304 valence electrons. The molecule has 0 heterocycles. The van der Waals surface area contributed by atoms with Crippen LogP contribution in [0.1, 0.15) is 141 Å². The second kappa shape index (κ2) is 28.5. The van der Waals surface area contributed by atoms with E-state index in [4.69, 9.17) is 22.6 Å². The molecule has 0 amide bonds. The Hall–Kier alpha value is -1.86. The van der Waals surface area contributed by atoms with E-state index in [0.29, 0.717) is 26.1 Å². The van der Waals surface area contributed by atoms with Crippen molar-refractivity contribution >= 4 is 20.2 Å². The summed E-state index contributed by atoms with van der Waals surface area (Å²) in [4.78, 5) is 0.271. The van der Waals surface area contributed by atoms with Crippen LogP contribution in [0.25, 0.3) is 0 Å². The van der Waals surface area contributed by atoms with Crippen LogP contribution < -0.4 is 0 Å². The van der Waals surface area contributed by atoms with Gasteiger partial charge in [-0.25, -0.2) is 0 Å². The molecule has 53 heavy (non-hydrogen) atoms. The van der Waals surface area contributed by atoms with Crippen molar-refractivity contribution in [3.05, 3.63) is 59.7 Å². The van der Waals surface area contributed by atoms with Gasteiger partial charge in [-0.2, -0.15) is 16.8 Å². The van der Waals surface area contributed by atoms with Crippen molar-refractivity contribution in [3.63, 3.8) is 0 Å². The lowest BCUT2D eigenvalue weighted by Gasteiger charge is -2.19. The Morgan fingerprint density at radius 2 is 0.774 bits per heavy atom. The summed E-state index contributed by atoms with van der Waals surface area (Å²) in [5.74, 6) is 0. The minimum atomic E-state index is -3.89. The van der Waals surface area contributed by atoms with Gasteiger partial charge in [-0.3, -0.25) is 8.37 Å². The molecule has 0 spiro atoms. The van der Waals surface area contributed by atoms with E-state index in [0.717, 1.165) is 49.7 Å². The number of hydrogen-bond donors (Lipinski definition) is 0. The maximum Gasteiger partial charge on any atom is 0.297 e. The number of hydrogen-bond acceptors (Lipinski definition) is 9. The highest BCUT2D eigenvalue weighted by Gasteiger charge is 2.20. The fourth-order valence-electron chi connectivity index (χ4n) is 5.97. The van der Waals surface area contributed by atoms with Gasteiger partial charge in [-0.1, -0.05) is 152 Å². The van der Waals surface area contributed by atoms with Crippen molar-refractivity contribution in [3.8, 4) is 0 Å². The lowest BCUT2D eigenvalue weighted by molar-refractivity contribution is -0.0438. The molecule has 0 radical (unpaired) electrons. The summed E-state index contributed by atoms with van der Waals surface area (Å²) in [6, 6.07) is 13.3. The van der Waals surface area contributed by atoms with Crippen molar-refractivity contribution in [1.82, 2.24) is 0 Å². The molecular weight excluding hydrogens is 713 g/mol. The zero-order valence-corrected chi connectivity index (χ0v) is 34.9. The Labute approximate surface area is 323 Å². The summed E-state index contributed by atoms with van der Waals surface area (Å²) in [7, 11) is -7.79. The molecule has 0 aliphatic carbocycles. The zero-order chi connectivity index (χ0) is 38.6. The molecule has 0 fully saturated rings. The normalized spacial score (nSPS) is 13.4. The fourth-order valence-corrected chi connectivity index (χ4v) is 7.84. The van der Waals surface area contributed by atoms with Crippen LogP contribution >= 0.6 is 0 Å². The van der Waals surface area contributed by atoms with Gasteiger partial charge >= 0.3 is 0 Å². The van der Waals surface area contributed by atoms with Crippen LogP contribution in [0.2, 0.25) is 0 Å². The highest BCUT2D eigenvalue weighted by molar-refractivity contribution is 7.87. The summed E-state index contributed by atoms with van der Waals surface area (Å²) in [6.07, 6.45) is 19.5. The molecule has 2 aromatic carbocycles. The maximum atomic E-state index is 12.8. The SMILES string of the molecule is CCCCCCCCCC[C@@H](COS(=O)(=O)c1ccc(C)cc1)OCCOCCO[C@@H](CCCCCCCCCC)COS(=O)(=O)c1ccc(C)cc1. The van der Waals surface area contributed by atoms with Crippen LogP contribution in [-0.4, -0.2) is 68.7 Å². The summed E-state index contributed by atoms with van der Waals surface area (Å²) in [5, 5.41) is 0. The molecule has 0 N–H and O–H groups in total. The number of benzene rings is 2. The molecule has 0 saturated heterocycles. The molecule has 0 aliphatic heterocycles. The zero-order valence-electron chi connectivity index (χ0n) is 33.2. The number of aryl methyl sites for hydroxylation is 2. The fraction of sp³-hybridized carbons (Fsp3) is 0.714. The topological polar surface area (TPSA) is 114 Å². The van der Waals surface area contributed by atoms with Gasteiger partial charge in [0, 0.05) is 0 Å². The Balaban J connectivity index is 1.81. The van der Waals surface area contributed by atoms with Gasteiger partial charge in [0.2, 0.25) is 0 Å². The summed E-state index contributed by atoms with van der Waals surface area (Å²) in [6.45, 7) is 9.33. The van der Waals surface area contributed by atoms with Gasteiger partial charge in [-0.05, 0) is 51.0 Å².